The first-order chi connectivity index (χ1) is 16.4. The van der Waals surface area contributed by atoms with Crippen LogP contribution in [0.5, 0.6) is 11.5 Å². The van der Waals surface area contributed by atoms with E-state index in [4.69, 9.17) is 14.2 Å². The number of hydrogen-bond donors (Lipinski definition) is 1. The van der Waals surface area contributed by atoms with E-state index >= 15 is 0 Å². The number of phenols is 1. The Kier molecular flexibility index (Phi) is 7.65. The summed E-state index contributed by atoms with van der Waals surface area (Å²) in [6, 6.07) is 8.93. The summed E-state index contributed by atoms with van der Waals surface area (Å²) in [7, 11) is 0. The molecule has 10 heteroatoms. The molecule has 3 rings (SSSR count). The molecule has 0 spiro atoms. The number of amides is 1. The maximum Gasteiger partial charge on any atom is 0.513 e. The van der Waals surface area contributed by atoms with Gasteiger partial charge in [0, 0.05) is 11.1 Å². The van der Waals surface area contributed by atoms with Crippen molar-refractivity contribution in [3.8, 4) is 11.5 Å². The van der Waals surface area contributed by atoms with Gasteiger partial charge in [0.15, 0.2) is 11.6 Å². The minimum atomic E-state index is -0.984. The standard InChI is InChI=1S/C24H21NO9/c1-3-31-23(29)25(12-14-34-24(30)32-4-2)11-13-33-18-10-9-17(26)19-20(18)22(28)16-8-6-5-7-15(16)21(19)27/h3-10,26H,1-2,11-14H2. The Labute approximate surface area is 194 Å². The summed E-state index contributed by atoms with van der Waals surface area (Å²) in [5.74, 6) is -1.22. The maximum atomic E-state index is 13.1. The second-order valence-electron chi connectivity index (χ2n) is 6.81. The van der Waals surface area contributed by atoms with Gasteiger partial charge in [0.25, 0.3) is 0 Å². The molecular formula is C24H21NO9. The summed E-state index contributed by atoms with van der Waals surface area (Å²) < 4.78 is 19.7. The number of hydrogen-bond acceptors (Lipinski definition) is 9. The van der Waals surface area contributed by atoms with Gasteiger partial charge in [-0.2, -0.15) is 0 Å². The Morgan fingerprint density at radius 2 is 1.50 bits per heavy atom. The number of rotatable bonds is 9. The van der Waals surface area contributed by atoms with Gasteiger partial charge >= 0.3 is 12.2 Å². The summed E-state index contributed by atoms with van der Waals surface area (Å²) in [4.78, 5) is 50.5. The number of ketones is 2. The molecule has 1 amide bonds. The third kappa shape index (κ3) is 5.07. The van der Waals surface area contributed by atoms with Crippen molar-refractivity contribution in [3.63, 3.8) is 0 Å². The molecule has 0 aliphatic heterocycles. The Morgan fingerprint density at radius 1 is 0.882 bits per heavy atom. The van der Waals surface area contributed by atoms with E-state index in [-0.39, 0.29) is 60.1 Å². The minimum absolute atomic E-state index is 0.0269. The van der Waals surface area contributed by atoms with Gasteiger partial charge in [-0.3, -0.25) is 9.59 Å². The van der Waals surface area contributed by atoms with E-state index in [0.717, 1.165) is 12.5 Å². The molecule has 0 bridgehead atoms. The number of nitrogens with zero attached hydrogens (tertiary/aromatic N) is 1. The lowest BCUT2D eigenvalue weighted by Gasteiger charge is -2.23. The predicted octanol–water partition coefficient (Wildman–Crippen LogP) is 3.43. The topological polar surface area (TPSA) is 129 Å². The van der Waals surface area contributed by atoms with Gasteiger partial charge < -0.3 is 29.0 Å². The third-order valence-electron chi connectivity index (χ3n) is 4.84. The molecule has 0 saturated heterocycles. The molecule has 0 aromatic heterocycles. The molecule has 10 nitrogen and oxygen atoms in total. The molecule has 176 valence electrons. The van der Waals surface area contributed by atoms with E-state index in [1.54, 1.807) is 12.1 Å². The highest BCUT2D eigenvalue weighted by Crippen LogP contribution is 2.38. The Morgan fingerprint density at radius 3 is 2.15 bits per heavy atom. The fourth-order valence-corrected chi connectivity index (χ4v) is 3.34. The van der Waals surface area contributed by atoms with Crippen LogP contribution in [0.25, 0.3) is 0 Å². The molecule has 1 aliphatic carbocycles. The molecule has 0 fully saturated rings. The van der Waals surface area contributed by atoms with Crippen molar-refractivity contribution in [2.75, 3.05) is 26.3 Å². The van der Waals surface area contributed by atoms with Crippen LogP contribution in [0.3, 0.4) is 0 Å². The molecule has 1 N–H and O–H groups in total. The zero-order valence-electron chi connectivity index (χ0n) is 18.0. The zero-order valence-corrected chi connectivity index (χ0v) is 18.0. The maximum absolute atomic E-state index is 13.1. The van der Waals surface area contributed by atoms with Gasteiger partial charge in [-0.1, -0.05) is 37.4 Å². The number of aromatic hydroxyl groups is 1. The highest BCUT2D eigenvalue weighted by molar-refractivity contribution is 6.30. The van der Waals surface area contributed by atoms with Crippen molar-refractivity contribution in [3.05, 3.63) is 84.3 Å². The molecule has 0 atom stereocenters. The third-order valence-corrected chi connectivity index (χ3v) is 4.84. The highest BCUT2D eigenvalue weighted by atomic mass is 16.7. The molecule has 2 aromatic rings. The van der Waals surface area contributed by atoms with Crippen molar-refractivity contribution in [1.29, 1.82) is 0 Å². The van der Waals surface area contributed by atoms with Crippen LogP contribution in [0.1, 0.15) is 31.8 Å². The van der Waals surface area contributed by atoms with E-state index in [1.165, 1.54) is 29.2 Å². The first kappa shape index (κ1) is 24.1. The second-order valence-corrected chi connectivity index (χ2v) is 6.81. The molecule has 34 heavy (non-hydrogen) atoms. The highest BCUT2D eigenvalue weighted by Gasteiger charge is 2.34. The quantitative estimate of drug-likeness (QED) is 0.372. The van der Waals surface area contributed by atoms with Crippen molar-refractivity contribution in [1.82, 2.24) is 4.90 Å². The van der Waals surface area contributed by atoms with Crippen molar-refractivity contribution >= 4 is 23.8 Å². The minimum Gasteiger partial charge on any atom is -0.507 e. The van der Waals surface area contributed by atoms with Crippen LogP contribution in [0.4, 0.5) is 9.59 Å². The zero-order chi connectivity index (χ0) is 24.7. The van der Waals surface area contributed by atoms with Gasteiger partial charge in [0.1, 0.15) is 24.7 Å². The van der Waals surface area contributed by atoms with Gasteiger partial charge in [-0.25, -0.2) is 9.59 Å². The fraction of sp³-hybridized carbons (Fsp3) is 0.167. The number of carbonyl (C=O) groups excluding carboxylic acids is 4. The normalized spacial score (nSPS) is 11.5. The van der Waals surface area contributed by atoms with Crippen LogP contribution < -0.4 is 4.74 Å². The lowest BCUT2D eigenvalue weighted by Crippen LogP contribution is -2.37. The van der Waals surface area contributed by atoms with E-state index in [0.29, 0.717) is 0 Å². The molecule has 0 saturated carbocycles. The van der Waals surface area contributed by atoms with Crippen LogP contribution >= 0.6 is 0 Å². The van der Waals surface area contributed by atoms with Gasteiger partial charge in [0.2, 0.25) is 0 Å². The largest absolute Gasteiger partial charge is 0.513 e. The first-order valence-electron chi connectivity index (χ1n) is 10.1. The van der Waals surface area contributed by atoms with E-state index < -0.39 is 23.8 Å². The molecule has 1 aliphatic rings. The van der Waals surface area contributed by atoms with Gasteiger partial charge in [-0.15, -0.1) is 0 Å². The van der Waals surface area contributed by atoms with Crippen molar-refractivity contribution < 1.29 is 43.2 Å². The van der Waals surface area contributed by atoms with Gasteiger partial charge in [0.05, 0.1) is 36.7 Å². The summed E-state index contributed by atoms with van der Waals surface area (Å²) >= 11 is 0. The van der Waals surface area contributed by atoms with Crippen LogP contribution in [0.15, 0.2) is 62.1 Å². The van der Waals surface area contributed by atoms with Crippen LogP contribution in [0, 0.1) is 0 Å². The Balaban J connectivity index is 1.74. The summed E-state index contributed by atoms with van der Waals surface area (Å²) in [5, 5.41) is 10.3. The Hall–Kier alpha value is -4.60. The number of fused-ring (bicyclic) bond motifs is 2. The van der Waals surface area contributed by atoms with E-state index in [2.05, 4.69) is 17.9 Å². The monoisotopic (exact) mass is 467 g/mol. The van der Waals surface area contributed by atoms with Crippen LogP contribution in [-0.4, -0.2) is 60.1 Å². The summed E-state index contributed by atoms with van der Waals surface area (Å²) in [6.45, 7) is 6.17. The predicted molar refractivity (Wildman–Crippen MR) is 118 cm³/mol. The van der Waals surface area contributed by atoms with Crippen LogP contribution in [0.2, 0.25) is 0 Å². The first-order valence-corrected chi connectivity index (χ1v) is 10.1. The smallest absolute Gasteiger partial charge is 0.507 e. The summed E-state index contributed by atoms with van der Waals surface area (Å²) in [6.07, 6.45) is 0.0960. The number of benzene rings is 2. The summed E-state index contributed by atoms with van der Waals surface area (Å²) in [5.41, 5.74) is 0.202. The fourth-order valence-electron chi connectivity index (χ4n) is 3.34. The van der Waals surface area contributed by atoms with Crippen molar-refractivity contribution in [2.24, 2.45) is 0 Å². The van der Waals surface area contributed by atoms with E-state index in [9.17, 15) is 24.3 Å². The number of carbonyl (C=O) groups is 4. The number of ether oxygens (including phenoxy) is 4. The average Bonchev–Trinajstić information content (AvgIpc) is 2.82. The van der Waals surface area contributed by atoms with Crippen LogP contribution in [-0.2, 0) is 14.2 Å². The SMILES string of the molecule is C=COC(=O)OCCN(CCOc1ccc(O)c2c1C(=O)c1ccccc1C2=O)C(=O)OC=C. The van der Waals surface area contributed by atoms with E-state index in [1.807, 2.05) is 0 Å². The van der Waals surface area contributed by atoms with Crippen molar-refractivity contribution in [2.45, 2.75) is 0 Å². The molecule has 2 aromatic carbocycles. The molecule has 0 heterocycles. The lowest BCUT2D eigenvalue weighted by atomic mass is 9.83. The average molecular weight is 467 g/mol. The van der Waals surface area contributed by atoms with Gasteiger partial charge in [-0.05, 0) is 12.1 Å². The second kappa shape index (κ2) is 10.8. The number of phenolic OH excluding ortho intramolecular Hbond substituents is 1. The molecular weight excluding hydrogens is 446 g/mol. The Bertz CT molecular complexity index is 1160. The lowest BCUT2D eigenvalue weighted by molar-refractivity contribution is 0.0691. The molecule has 0 radical (unpaired) electrons. The molecule has 0 unspecified atom stereocenters.